The molecule has 2 N–H and O–H groups in total. The van der Waals surface area contributed by atoms with E-state index >= 15 is 0 Å². The average Bonchev–Trinajstić information content (AvgIpc) is 3.22. The van der Waals surface area contributed by atoms with Crippen LogP contribution >= 0.6 is 23.1 Å². The van der Waals surface area contributed by atoms with Gasteiger partial charge in [0.2, 0.25) is 5.13 Å². The minimum Gasteiger partial charge on any atom is -0.308 e. The second-order valence-corrected chi connectivity index (χ2v) is 7.68. The number of halogens is 1. The molecular weight excluding hydrogens is 349 g/mol. The molecule has 1 aromatic carbocycles. The van der Waals surface area contributed by atoms with Crippen LogP contribution in [0.5, 0.6) is 0 Å². The van der Waals surface area contributed by atoms with E-state index < -0.39 is 6.03 Å². The highest BCUT2D eigenvalue weighted by Gasteiger charge is 2.12. The van der Waals surface area contributed by atoms with E-state index in [0.29, 0.717) is 10.8 Å². The molecule has 0 aliphatic carbocycles. The third-order valence-corrected chi connectivity index (χ3v) is 5.51. The average molecular weight is 367 g/mol. The largest absolute Gasteiger partial charge is 0.325 e. The van der Waals surface area contributed by atoms with Crippen LogP contribution < -0.4 is 10.6 Å². The van der Waals surface area contributed by atoms with Gasteiger partial charge in [-0.15, -0.1) is 10.2 Å². The van der Waals surface area contributed by atoms with Crippen LogP contribution in [-0.4, -0.2) is 46.5 Å². The molecule has 0 spiro atoms. The maximum atomic E-state index is 12.8. The highest BCUT2D eigenvalue weighted by molar-refractivity contribution is 8.01. The summed E-state index contributed by atoms with van der Waals surface area (Å²) >= 11 is 3.00. The van der Waals surface area contributed by atoms with Crippen LogP contribution in [0.1, 0.15) is 12.8 Å². The molecule has 128 valence electrons. The monoisotopic (exact) mass is 367 g/mol. The summed E-state index contributed by atoms with van der Waals surface area (Å²) in [5.74, 6) is 0.622. The van der Waals surface area contributed by atoms with E-state index in [-0.39, 0.29) is 5.82 Å². The first-order valence-corrected chi connectivity index (χ1v) is 9.51. The maximum absolute atomic E-state index is 12.8. The minimum absolute atomic E-state index is 0.347. The lowest BCUT2D eigenvalue weighted by Crippen LogP contribution is -2.21. The first-order valence-electron chi connectivity index (χ1n) is 7.71. The van der Waals surface area contributed by atoms with Gasteiger partial charge in [0.05, 0.1) is 0 Å². The fourth-order valence-electron chi connectivity index (χ4n) is 2.38. The topological polar surface area (TPSA) is 70.1 Å². The van der Waals surface area contributed by atoms with Crippen LogP contribution in [-0.2, 0) is 0 Å². The molecule has 2 aromatic rings. The molecule has 1 aromatic heterocycles. The molecule has 3 rings (SSSR count). The van der Waals surface area contributed by atoms with Gasteiger partial charge in [-0.1, -0.05) is 23.1 Å². The fraction of sp³-hybridized carbons (Fsp3) is 0.400. The van der Waals surface area contributed by atoms with E-state index in [2.05, 4.69) is 25.7 Å². The number of amides is 2. The van der Waals surface area contributed by atoms with Gasteiger partial charge in [-0.3, -0.25) is 5.32 Å². The highest BCUT2D eigenvalue weighted by Crippen LogP contribution is 2.25. The molecule has 1 saturated heterocycles. The Kier molecular flexibility index (Phi) is 6.00. The summed E-state index contributed by atoms with van der Waals surface area (Å²) in [4.78, 5) is 14.3. The number of hydrogen-bond acceptors (Lipinski definition) is 6. The lowest BCUT2D eigenvalue weighted by atomic mass is 10.3. The van der Waals surface area contributed by atoms with Gasteiger partial charge in [-0.2, -0.15) is 0 Å². The second-order valence-electron chi connectivity index (χ2n) is 5.36. The number of hydrogen-bond donors (Lipinski definition) is 2. The smallest absolute Gasteiger partial charge is 0.308 e. The van der Waals surface area contributed by atoms with Crippen molar-refractivity contribution in [1.82, 2.24) is 15.1 Å². The van der Waals surface area contributed by atoms with Crippen LogP contribution in [0.15, 0.2) is 28.6 Å². The number of urea groups is 1. The predicted octanol–water partition coefficient (Wildman–Crippen LogP) is 3.51. The van der Waals surface area contributed by atoms with Crippen molar-refractivity contribution in [3.63, 3.8) is 0 Å². The standard InChI is InChI=1S/C15H18FN5OS2/c16-11-3-5-12(6-4-11)17-13(22)18-14-19-20-15(24-14)23-10-9-21-7-1-2-8-21/h3-6H,1-2,7-10H2,(H2,17,18,19,22). The molecule has 0 unspecified atom stereocenters. The summed E-state index contributed by atoms with van der Waals surface area (Å²) in [5.41, 5.74) is 0.513. The lowest BCUT2D eigenvalue weighted by Gasteiger charge is -2.12. The zero-order valence-electron chi connectivity index (χ0n) is 13.0. The Morgan fingerprint density at radius 2 is 1.96 bits per heavy atom. The van der Waals surface area contributed by atoms with Gasteiger partial charge in [-0.05, 0) is 50.2 Å². The summed E-state index contributed by atoms with van der Waals surface area (Å²) in [5, 5.41) is 13.7. The molecule has 1 fully saturated rings. The Hall–Kier alpha value is -1.71. The van der Waals surface area contributed by atoms with E-state index in [9.17, 15) is 9.18 Å². The first-order chi connectivity index (χ1) is 11.7. The highest BCUT2D eigenvalue weighted by atomic mass is 32.2. The van der Waals surface area contributed by atoms with E-state index in [0.717, 1.165) is 16.6 Å². The number of nitrogens with zero attached hydrogens (tertiary/aromatic N) is 3. The molecule has 6 nitrogen and oxygen atoms in total. The Morgan fingerprint density at radius 1 is 1.21 bits per heavy atom. The Balaban J connectivity index is 1.42. The number of carbonyl (C=O) groups excluding carboxylic acids is 1. The van der Waals surface area contributed by atoms with E-state index in [1.165, 1.54) is 61.5 Å². The normalized spacial score (nSPS) is 14.7. The first kappa shape index (κ1) is 17.1. The van der Waals surface area contributed by atoms with E-state index in [1.54, 1.807) is 11.8 Å². The maximum Gasteiger partial charge on any atom is 0.325 e. The summed E-state index contributed by atoms with van der Waals surface area (Å²) in [6.07, 6.45) is 2.58. The molecule has 2 heterocycles. The second kappa shape index (κ2) is 8.41. The molecule has 0 saturated carbocycles. The lowest BCUT2D eigenvalue weighted by molar-refractivity contribution is 0.262. The number of carbonyl (C=O) groups is 1. The molecule has 1 aliphatic heterocycles. The van der Waals surface area contributed by atoms with Crippen molar-refractivity contribution in [3.8, 4) is 0 Å². The Labute approximate surface area is 147 Å². The molecular formula is C15H18FN5OS2. The quantitative estimate of drug-likeness (QED) is 0.604. The van der Waals surface area contributed by atoms with Gasteiger partial charge in [0, 0.05) is 18.0 Å². The zero-order chi connectivity index (χ0) is 16.8. The number of nitrogens with one attached hydrogen (secondary N) is 2. The Morgan fingerprint density at radius 3 is 2.71 bits per heavy atom. The number of rotatable bonds is 6. The summed E-state index contributed by atoms with van der Waals surface area (Å²) in [7, 11) is 0. The molecule has 1 aliphatic rings. The van der Waals surface area contributed by atoms with Gasteiger partial charge < -0.3 is 10.2 Å². The van der Waals surface area contributed by atoms with Gasteiger partial charge in [0.15, 0.2) is 4.34 Å². The van der Waals surface area contributed by atoms with Crippen molar-refractivity contribution in [1.29, 1.82) is 0 Å². The van der Waals surface area contributed by atoms with Crippen molar-refractivity contribution in [2.24, 2.45) is 0 Å². The van der Waals surface area contributed by atoms with Crippen LogP contribution in [0, 0.1) is 5.82 Å². The molecule has 0 atom stereocenters. The minimum atomic E-state index is -0.425. The van der Waals surface area contributed by atoms with Gasteiger partial charge in [-0.25, -0.2) is 9.18 Å². The van der Waals surface area contributed by atoms with Crippen LogP contribution in [0.25, 0.3) is 0 Å². The number of anilines is 2. The van der Waals surface area contributed by atoms with E-state index in [1.807, 2.05) is 0 Å². The molecule has 2 amide bonds. The van der Waals surface area contributed by atoms with Crippen molar-refractivity contribution < 1.29 is 9.18 Å². The molecule has 0 radical (unpaired) electrons. The van der Waals surface area contributed by atoms with Gasteiger partial charge in [0.25, 0.3) is 0 Å². The zero-order valence-corrected chi connectivity index (χ0v) is 14.6. The van der Waals surface area contributed by atoms with Crippen molar-refractivity contribution in [2.75, 3.05) is 36.0 Å². The molecule has 9 heteroatoms. The number of thioether (sulfide) groups is 1. The van der Waals surface area contributed by atoms with Crippen molar-refractivity contribution in [2.45, 2.75) is 17.2 Å². The van der Waals surface area contributed by atoms with Crippen LogP contribution in [0.4, 0.5) is 20.0 Å². The van der Waals surface area contributed by atoms with Crippen molar-refractivity contribution in [3.05, 3.63) is 30.1 Å². The summed E-state index contributed by atoms with van der Waals surface area (Å²) in [6, 6.07) is 5.14. The van der Waals surface area contributed by atoms with Gasteiger partial charge >= 0.3 is 6.03 Å². The molecule has 24 heavy (non-hydrogen) atoms. The van der Waals surface area contributed by atoms with Crippen LogP contribution in [0.2, 0.25) is 0 Å². The van der Waals surface area contributed by atoms with E-state index in [4.69, 9.17) is 0 Å². The third kappa shape index (κ3) is 5.15. The number of benzene rings is 1. The molecule has 0 bridgehead atoms. The van der Waals surface area contributed by atoms with Crippen LogP contribution in [0.3, 0.4) is 0 Å². The predicted molar refractivity (Wildman–Crippen MR) is 95.3 cm³/mol. The van der Waals surface area contributed by atoms with Gasteiger partial charge in [0.1, 0.15) is 5.82 Å². The summed E-state index contributed by atoms with van der Waals surface area (Å²) in [6.45, 7) is 3.43. The number of likely N-dealkylation sites (tertiary alicyclic amines) is 1. The third-order valence-electron chi connectivity index (χ3n) is 3.56. The van der Waals surface area contributed by atoms with Crippen molar-refractivity contribution >= 4 is 39.9 Å². The SMILES string of the molecule is O=C(Nc1ccc(F)cc1)Nc1nnc(SCCN2CCCC2)s1. The fourth-order valence-corrected chi connectivity index (χ4v) is 4.20. The number of aromatic nitrogens is 2. The summed E-state index contributed by atoms with van der Waals surface area (Å²) < 4.78 is 13.7. The Bertz CT molecular complexity index is 673.